The van der Waals surface area contributed by atoms with Crippen LogP contribution in [0.15, 0.2) is 43.0 Å². The summed E-state index contributed by atoms with van der Waals surface area (Å²) in [4.78, 5) is 25.6. The molecule has 0 aromatic heterocycles. The Labute approximate surface area is 128 Å². The zero-order valence-electron chi connectivity index (χ0n) is 12.7. The molecular formula is C16H18N2O4. The van der Waals surface area contributed by atoms with Gasteiger partial charge in [-0.2, -0.15) is 0 Å². The molecule has 1 heterocycles. The number of aromatic hydroxyl groups is 1. The molecule has 0 atom stereocenters. The van der Waals surface area contributed by atoms with E-state index in [4.69, 9.17) is 4.74 Å². The van der Waals surface area contributed by atoms with Crippen LogP contribution >= 0.6 is 0 Å². The molecule has 0 aliphatic carbocycles. The van der Waals surface area contributed by atoms with Crippen molar-refractivity contribution in [3.05, 3.63) is 48.6 Å². The van der Waals surface area contributed by atoms with Gasteiger partial charge in [0.05, 0.1) is 5.56 Å². The first-order valence-corrected chi connectivity index (χ1v) is 6.75. The van der Waals surface area contributed by atoms with Crippen LogP contribution in [-0.2, 0) is 4.74 Å². The minimum atomic E-state index is -0.563. The van der Waals surface area contributed by atoms with E-state index in [0.717, 1.165) is 0 Å². The first-order valence-electron chi connectivity index (χ1n) is 6.75. The fourth-order valence-corrected chi connectivity index (χ4v) is 1.79. The maximum atomic E-state index is 11.9. The highest BCUT2D eigenvalue weighted by molar-refractivity contribution is 5.81. The molecule has 0 unspecified atom stereocenters. The average molecular weight is 302 g/mol. The lowest BCUT2D eigenvalue weighted by atomic mass is 10.2. The molecule has 0 saturated carbocycles. The average Bonchev–Trinajstić information content (AvgIpc) is 2.45. The second kappa shape index (κ2) is 5.93. The van der Waals surface area contributed by atoms with Crippen LogP contribution in [0.25, 0.3) is 0 Å². The largest absolute Gasteiger partial charge is 0.507 e. The van der Waals surface area contributed by atoms with E-state index in [-0.39, 0.29) is 11.3 Å². The van der Waals surface area contributed by atoms with E-state index in [1.54, 1.807) is 56.5 Å². The topological polar surface area (TPSA) is 70.1 Å². The molecule has 0 spiro atoms. The van der Waals surface area contributed by atoms with Crippen molar-refractivity contribution >= 4 is 18.1 Å². The van der Waals surface area contributed by atoms with Gasteiger partial charge >= 0.3 is 6.09 Å². The van der Waals surface area contributed by atoms with Gasteiger partial charge in [-0.05, 0) is 32.9 Å². The molecule has 1 amide bonds. The predicted octanol–water partition coefficient (Wildman–Crippen LogP) is 3.20. The predicted molar refractivity (Wildman–Crippen MR) is 82.3 cm³/mol. The van der Waals surface area contributed by atoms with Crippen molar-refractivity contribution in [1.82, 2.24) is 4.90 Å². The van der Waals surface area contributed by atoms with Gasteiger partial charge in [0.1, 0.15) is 11.4 Å². The number of phenolic OH excluding ortho intramolecular Hbond substituents is 1. The fraction of sp³-hybridized carbons (Fsp3) is 0.250. The normalized spacial score (nSPS) is 14.1. The molecule has 6 heteroatoms. The van der Waals surface area contributed by atoms with E-state index in [9.17, 15) is 14.7 Å². The summed E-state index contributed by atoms with van der Waals surface area (Å²) in [5.41, 5.74) is 0.329. The van der Waals surface area contributed by atoms with E-state index >= 15 is 0 Å². The SMILES string of the molecule is CC(C)(C)OC(=O)N1C=CN(c2ccc(C=O)c(O)c2)C=C1. The van der Waals surface area contributed by atoms with Crippen LogP contribution in [-0.4, -0.2) is 28.0 Å². The van der Waals surface area contributed by atoms with Crippen molar-refractivity contribution in [1.29, 1.82) is 0 Å². The van der Waals surface area contributed by atoms with Crippen LogP contribution in [0.4, 0.5) is 10.5 Å². The Hall–Kier alpha value is -2.76. The van der Waals surface area contributed by atoms with Crippen molar-refractivity contribution < 1.29 is 19.4 Å². The smallest absolute Gasteiger partial charge is 0.418 e. The van der Waals surface area contributed by atoms with Gasteiger partial charge in [0.2, 0.25) is 0 Å². The summed E-state index contributed by atoms with van der Waals surface area (Å²) in [6.07, 6.45) is 6.53. The fourth-order valence-electron chi connectivity index (χ4n) is 1.79. The Morgan fingerprint density at radius 1 is 1.18 bits per heavy atom. The van der Waals surface area contributed by atoms with Gasteiger partial charge in [-0.3, -0.25) is 9.69 Å². The number of carbonyl (C=O) groups excluding carboxylic acids is 2. The van der Waals surface area contributed by atoms with Crippen molar-refractivity contribution in [2.24, 2.45) is 0 Å². The number of hydrogen-bond donors (Lipinski definition) is 1. The highest BCUT2D eigenvalue weighted by atomic mass is 16.6. The lowest BCUT2D eigenvalue weighted by Gasteiger charge is -2.27. The lowest BCUT2D eigenvalue weighted by Crippen LogP contribution is -2.32. The number of amides is 1. The van der Waals surface area contributed by atoms with Gasteiger partial charge in [-0.1, -0.05) is 0 Å². The molecule has 0 bridgehead atoms. The third kappa shape index (κ3) is 3.66. The Morgan fingerprint density at radius 3 is 2.32 bits per heavy atom. The minimum Gasteiger partial charge on any atom is -0.507 e. The first-order chi connectivity index (χ1) is 10.3. The van der Waals surface area contributed by atoms with Gasteiger partial charge in [0.25, 0.3) is 0 Å². The molecule has 6 nitrogen and oxygen atoms in total. The summed E-state index contributed by atoms with van der Waals surface area (Å²) < 4.78 is 5.25. The molecule has 1 aromatic rings. The lowest BCUT2D eigenvalue weighted by molar-refractivity contribution is 0.0397. The number of phenols is 1. The molecule has 22 heavy (non-hydrogen) atoms. The van der Waals surface area contributed by atoms with Gasteiger partial charge in [0.15, 0.2) is 6.29 Å². The van der Waals surface area contributed by atoms with E-state index in [1.165, 1.54) is 17.0 Å². The maximum absolute atomic E-state index is 11.9. The van der Waals surface area contributed by atoms with Crippen LogP contribution in [0.3, 0.4) is 0 Å². The summed E-state index contributed by atoms with van der Waals surface area (Å²) in [5.74, 6) is -0.0936. The number of benzene rings is 1. The van der Waals surface area contributed by atoms with Crippen molar-refractivity contribution in [2.45, 2.75) is 26.4 Å². The van der Waals surface area contributed by atoms with Gasteiger partial charge in [0, 0.05) is 36.6 Å². The second-order valence-corrected chi connectivity index (χ2v) is 5.75. The summed E-state index contributed by atoms with van der Waals surface area (Å²) >= 11 is 0. The highest BCUT2D eigenvalue weighted by Gasteiger charge is 2.21. The number of hydrogen-bond acceptors (Lipinski definition) is 5. The zero-order valence-corrected chi connectivity index (χ0v) is 12.7. The van der Waals surface area contributed by atoms with Crippen LogP contribution in [0.2, 0.25) is 0 Å². The van der Waals surface area contributed by atoms with Gasteiger partial charge in [-0.25, -0.2) is 4.79 Å². The standard InChI is InChI=1S/C16H18N2O4/c1-16(2,3)22-15(21)18-8-6-17(7-9-18)13-5-4-12(11-19)14(20)10-13/h4-11,20H,1-3H3. The number of aldehydes is 1. The number of rotatable bonds is 2. The Morgan fingerprint density at radius 2 is 1.82 bits per heavy atom. The molecule has 1 aliphatic rings. The van der Waals surface area contributed by atoms with E-state index in [1.807, 2.05) is 0 Å². The van der Waals surface area contributed by atoms with Crippen molar-refractivity contribution in [3.8, 4) is 5.75 Å². The molecule has 116 valence electrons. The van der Waals surface area contributed by atoms with E-state index < -0.39 is 11.7 Å². The van der Waals surface area contributed by atoms with Crippen LogP contribution in [0.1, 0.15) is 31.1 Å². The molecular weight excluding hydrogens is 284 g/mol. The molecule has 0 saturated heterocycles. The summed E-state index contributed by atoms with van der Waals surface area (Å²) in [6.45, 7) is 5.39. The Balaban J connectivity index is 2.09. The van der Waals surface area contributed by atoms with Crippen molar-refractivity contribution in [2.75, 3.05) is 4.90 Å². The van der Waals surface area contributed by atoms with E-state index in [0.29, 0.717) is 12.0 Å². The number of carbonyl (C=O) groups is 2. The van der Waals surface area contributed by atoms with Crippen LogP contribution in [0, 0.1) is 0 Å². The monoisotopic (exact) mass is 302 g/mol. The van der Waals surface area contributed by atoms with Crippen LogP contribution < -0.4 is 4.90 Å². The van der Waals surface area contributed by atoms with Gasteiger partial charge in [-0.15, -0.1) is 0 Å². The highest BCUT2D eigenvalue weighted by Crippen LogP contribution is 2.25. The van der Waals surface area contributed by atoms with Gasteiger partial charge < -0.3 is 14.7 Å². The quantitative estimate of drug-likeness (QED) is 0.849. The maximum Gasteiger partial charge on any atom is 0.418 e. The summed E-state index contributed by atoms with van der Waals surface area (Å²) in [7, 11) is 0. The number of anilines is 1. The molecule has 0 fully saturated rings. The third-order valence-electron chi connectivity index (χ3n) is 2.82. The van der Waals surface area contributed by atoms with E-state index in [2.05, 4.69) is 0 Å². The molecule has 2 rings (SSSR count). The molecule has 1 aromatic carbocycles. The molecule has 1 N–H and O–H groups in total. The first kappa shape index (κ1) is 15.6. The zero-order chi connectivity index (χ0) is 16.3. The summed E-state index contributed by atoms with van der Waals surface area (Å²) in [6, 6.07) is 4.70. The Kier molecular flexibility index (Phi) is 4.21. The third-order valence-corrected chi connectivity index (χ3v) is 2.82. The minimum absolute atomic E-state index is 0.0936. The second-order valence-electron chi connectivity index (χ2n) is 5.75. The number of nitrogens with zero attached hydrogens (tertiary/aromatic N) is 2. The molecule has 1 aliphatic heterocycles. The summed E-state index contributed by atoms with van der Waals surface area (Å²) in [5, 5.41) is 9.70. The number of ether oxygens (including phenoxy) is 1. The Bertz CT molecular complexity index is 630. The van der Waals surface area contributed by atoms with Crippen molar-refractivity contribution in [3.63, 3.8) is 0 Å². The van der Waals surface area contributed by atoms with Crippen LogP contribution in [0.5, 0.6) is 5.75 Å². The molecule has 0 radical (unpaired) electrons.